The van der Waals surface area contributed by atoms with Crippen molar-refractivity contribution in [2.45, 2.75) is 37.0 Å². The van der Waals surface area contributed by atoms with Crippen LogP contribution in [0.4, 0.5) is 43.9 Å². The average molecular weight is 495 g/mol. The molecule has 0 radical (unpaired) electrons. The summed E-state index contributed by atoms with van der Waals surface area (Å²) >= 11 is 0. The highest BCUT2D eigenvalue weighted by Gasteiger charge is 2.82. The predicted octanol–water partition coefficient (Wildman–Crippen LogP) is 5.85. The maximum absolute atomic E-state index is 14.2. The highest BCUT2D eigenvalue weighted by atomic mass is 19.4. The number of carbonyl (C=O) groups excluding carboxylic acids is 1. The Balaban J connectivity index is 3.14. The third-order valence-corrected chi connectivity index (χ3v) is 4.02. The molecule has 1 amide bonds. The van der Waals surface area contributed by atoms with Gasteiger partial charge in [-0.2, -0.15) is 39.5 Å². The van der Waals surface area contributed by atoms with E-state index in [9.17, 15) is 48.7 Å². The molecule has 0 spiro atoms. The number of hydrogen-bond acceptors (Lipinski definition) is 3. The predicted molar refractivity (Wildman–Crippen MR) is 93.8 cm³/mol. The molecule has 2 N–H and O–H groups in total. The largest absolute Gasteiger partial charge is 0.484 e. The van der Waals surface area contributed by atoms with Gasteiger partial charge >= 0.3 is 23.9 Å². The Bertz CT molecular complexity index is 921. The molecule has 14 heteroatoms. The molecule has 184 valence electrons. The van der Waals surface area contributed by atoms with Gasteiger partial charge in [-0.3, -0.25) is 10.0 Å². The Morgan fingerprint density at radius 2 is 1.55 bits per heavy atom. The zero-order valence-electron chi connectivity index (χ0n) is 16.4. The second kappa shape index (κ2) is 9.85. The van der Waals surface area contributed by atoms with E-state index in [0.29, 0.717) is 18.2 Å². The fourth-order valence-corrected chi connectivity index (χ4v) is 2.21. The summed E-state index contributed by atoms with van der Waals surface area (Å²) in [5.74, 6) is -22.5. The Kier molecular flexibility index (Phi) is 8.36. The van der Waals surface area contributed by atoms with E-state index in [4.69, 9.17) is 9.94 Å². The minimum Gasteiger partial charge on any atom is -0.484 e. The molecule has 1 aromatic rings. The molecule has 0 fully saturated rings. The zero-order valence-corrected chi connectivity index (χ0v) is 16.4. The van der Waals surface area contributed by atoms with Gasteiger partial charge in [0.05, 0.1) is 0 Å². The Morgan fingerprint density at radius 3 is 1.97 bits per heavy atom. The number of hydroxylamine groups is 1. The van der Waals surface area contributed by atoms with Crippen LogP contribution in [0.5, 0.6) is 5.75 Å². The molecule has 0 saturated carbocycles. The first kappa shape index (κ1) is 28.0. The summed E-state index contributed by atoms with van der Waals surface area (Å²) in [6.45, 7) is 4.33. The first-order valence-corrected chi connectivity index (χ1v) is 8.55. The molecule has 0 bridgehead atoms. The fourth-order valence-electron chi connectivity index (χ4n) is 2.21. The van der Waals surface area contributed by atoms with Gasteiger partial charge in [0, 0.05) is 11.1 Å². The van der Waals surface area contributed by atoms with Crippen LogP contribution in [0.2, 0.25) is 0 Å². The second-order valence-electron chi connectivity index (χ2n) is 6.33. The first-order chi connectivity index (χ1) is 14.9. The first-order valence-electron chi connectivity index (χ1n) is 8.55. The molecule has 1 atom stereocenters. The summed E-state index contributed by atoms with van der Waals surface area (Å²) in [5, 5.41) is 8.58. The van der Waals surface area contributed by atoms with Gasteiger partial charge in [0.2, 0.25) is 0 Å². The molecule has 0 aliphatic heterocycles. The SMILES string of the molecule is C=C/C=C(\C=C(\F)C(C)Oc1ccc(C(F)(F)C(F)(F)C(F)(F)C(F)(F)F)cc1)C(=O)NO. The van der Waals surface area contributed by atoms with E-state index >= 15 is 0 Å². The van der Waals surface area contributed by atoms with Crippen molar-refractivity contribution in [1.82, 2.24) is 5.48 Å². The van der Waals surface area contributed by atoms with Crippen LogP contribution in [0.25, 0.3) is 0 Å². The number of hydrogen-bond donors (Lipinski definition) is 2. The van der Waals surface area contributed by atoms with E-state index in [1.54, 1.807) is 0 Å². The number of allylic oxidation sites excluding steroid dienone is 2. The smallest absolute Gasteiger partial charge is 0.460 e. The third-order valence-electron chi connectivity index (χ3n) is 4.02. The molecule has 4 nitrogen and oxygen atoms in total. The van der Waals surface area contributed by atoms with Gasteiger partial charge in [-0.05, 0) is 43.3 Å². The summed E-state index contributed by atoms with van der Waals surface area (Å²) in [6.07, 6.45) is -5.77. The van der Waals surface area contributed by atoms with Crippen LogP contribution < -0.4 is 10.2 Å². The maximum Gasteiger partial charge on any atom is 0.460 e. The van der Waals surface area contributed by atoms with Crippen LogP contribution in [0.1, 0.15) is 12.5 Å². The van der Waals surface area contributed by atoms with Crippen LogP contribution in [0, 0.1) is 0 Å². The lowest BCUT2D eigenvalue weighted by molar-refractivity contribution is -0.399. The summed E-state index contributed by atoms with van der Waals surface area (Å²) in [6, 6.07) is 1.23. The Morgan fingerprint density at radius 1 is 1.03 bits per heavy atom. The number of rotatable bonds is 9. The number of alkyl halides is 9. The number of benzene rings is 1. The van der Waals surface area contributed by atoms with E-state index in [0.717, 1.165) is 19.1 Å². The standard InChI is InChI=1S/C19H15F10NO3/c1-3-4-11(15(31)30-32)9-14(20)10(2)33-13-7-5-12(6-8-13)16(21,22)17(23,24)18(25,26)19(27,28)29/h3-10,32H,1H2,2H3,(H,30,31)/b11-4+,14-9+. The Labute approximate surface area is 179 Å². The number of amides is 1. The number of nitrogens with one attached hydrogen (secondary N) is 1. The highest BCUT2D eigenvalue weighted by molar-refractivity contribution is 5.95. The number of halogens is 10. The van der Waals surface area contributed by atoms with Gasteiger partial charge in [-0.1, -0.05) is 12.7 Å². The van der Waals surface area contributed by atoms with E-state index in [1.807, 2.05) is 0 Å². The van der Waals surface area contributed by atoms with Crippen molar-refractivity contribution < 1.29 is 58.6 Å². The van der Waals surface area contributed by atoms with E-state index in [1.165, 1.54) is 5.48 Å². The fraction of sp³-hybridized carbons (Fsp3) is 0.316. The van der Waals surface area contributed by atoms with Gasteiger partial charge in [0.15, 0.2) is 0 Å². The third kappa shape index (κ3) is 5.67. The molecule has 0 saturated heterocycles. The monoisotopic (exact) mass is 495 g/mol. The van der Waals surface area contributed by atoms with Gasteiger partial charge in [-0.15, -0.1) is 0 Å². The van der Waals surface area contributed by atoms with Crippen molar-refractivity contribution in [1.29, 1.82) is 0 Å². The molecule has 0 aromatic heterocycles. The van der Waals surface area contributed by atoms with Gasteiger partial charge in [0.1, 0.15) is 17.7 Å². The topological polar surface area (TPSA) is 58.6 Å². The normalized spacial score (nSPS) is 15.2. The van der Waals surface area contributed by atoms with Crippen molar-refractivity contribution in [2.24, 2.45) is 0 Å². The van der Waals surface area contributed by atoms with Gasteiger partial charge < -0.3 is 4.74 Å². The van der Waals surface area contributed by atoms with Crippen molar-refractivity contribution in [3.8, 4) is 5.75 Å². The van der Waals surface area contributed by atoms with Crippen LogP contribution in [-0.2, 0) is 10.7 Å². The van der Waals surface area contributed by atoms with Crippen molar-refractivity contribution in [3.63, 3.8) is 0 Å². The molecular weight excluding hydrogens is 480 g/mol. The Hall–Kier alpha value is -3.03. The molecule has 1 rings (SSSR count). The molecule has 1 aromatic carbocycles. The van der Waals surface area contributed by atoms with Crippen LogP contribution >= 0.6 is 0 Å². The van der Waals surface area contributed by atoms with Crippen LogP contribution in [0.3, 0.4) is 0 Å². The van der Waals surface area contributed by atoms with E-state index in [2.05, 4.69) is 6.58 Å². The number of carbonyl (C=O) groups is 1. The second-order valence-corrected chi connectivity index (χ2v) is 6.33. The molecular formula is C19H15F10NO3. The van der Waals surface area contributed by atoms with Gasteiger partial charge in [0.25, 0.3) is 5.91 Å². The lowest BCUT2D eigenvalue weighted by atomic mass is 9.97. The lowest BCUT2D eigenvalue weighted by Gasteiger charge is -2.33. The summed E-state index contributed by atoms with van der Waals surface area (Å²) < 4.78 is 137. The average Bonchev–Trinajstić information content (AvgIpc) is 2.71. The maximum atomic E-state index is 14.2. The van der Waals surface area contributed by atoms with Crippen molar-refractivity contribution in [2.75, 3.05) is 0 Å². The quantitative estimate of drug-likeness (QED) is 0.149. The van der Waals surface area contributed by atoms with Crippen molar-refractivity contribution >= 4 is 5.91 Å². The highest BCUT2D eigenvalue weighted by Crippen LogP contribution is 2.56. The summed E-state index contributed by atoms with van der Waals surface area (Å²) in [7, 11) is 0. The van der Waals surface area contributed by atoms with Crippen molar-refractivity contribution in [3.05, 3.63) is 66.0 Å². The molecule has 0 aliphatic carbocycles. The lowest BCUT2D eigenvalue weighted by Crippen LogP contribution is -2.59. The molecule has 33 heavy (non-hydrogen) atoms. The number of ether oxygens (including phenoxy) is 1. The minimum absolute atomic E-state index is 0.103. The molecule has 1 unspecified atom stereocenters. The summed E-state index contributed by atoms with van der Waals surface area (Å²) in [5.41, 5.74) is -1.07. The van der Waals surface area contributed by atoms with E-state index < -0.39 is 58.7 Å². The zero-order chi connectivity index (χ0) is 25.8. The summed E-state index contributed by atoms with van der Waals surface area (Å²) in [4.78, 5) is 11.4. The molecule has 0 heterocycles. The van der Waals surface area contributed by atoms with Gasteiger partial charge in [-0.25, -0.2) is 9.87 Å². The molecule has 0 aliphatic rings. The minimum atomic E-state index is -7.04. The van der Waals surface area contributed by atoms with Crippen LogP contribution in [0.15, 0.2) is 60.5 Å². The van der Waals surface area contributed by atoms with Crippen LogP contribution in [-0.4, -0.2) is 35.2 Å². The van der Waals surface area contributed by atoms with E-state index in [-0.39, 0.29) is 12.1 Å².